The predicted octanol–water partition coefficient (Wildman–Crippen LogP) is 4.68. The number of aromatic nitrogens is 2. The van der Waals surface area contributed by atoms with Crippen molar-refractivity contribution in [1.82, 2.24) is 20.8 Å². The fourth-order valence-electron chi connectivity index (χ4n) is 3.30. The summed E-state index contributed by atoms with van der Waals surface area (Å²) in [6.07, 6.45) is 2.07. The Bertz CT molecular complexity index is 1200. The van der Waals surface area contributed by atoms with Crippen LogP contribution in [0.4, 0.5) is 5.82 Å². The molecule has 1 aliphatic rings. The molecular formula is C22H19N5S. The van der Waals surface area contributed by atoms with E-state index in [1.807, 2.05) is 31.2 Å². The van der Waals surface area contributed by atoms with Crippen LogP contribution in [-0.2, 0) is 0 Å². The number of hydrazine groups is 1. The third-order valence-corrected chi connectivity index (χ3v) is 5.50. The first-order valence-electron chi connectivity index (χ1n) is 9.14. The van der Waals surface area contributed by atoms with Crippen LogP contribution < -0.4 is 16.2 Å². The standard InChI is InChI=1S/C22H19N5S/c1-14-12-20(27-26-14)24-21-18-8-4-5-9-19(18)23-22(25-21)28-17-11-10-15-6-2-3-7-16(15)13-17/h2-13,20,26-27H,1H3,(H,23,24,25). The molecule has 5 rings (SSSR count). The maximum Gasteiger partial charge on any atom is 0.194 e. The van der Waals surface area contributed by atoms with Crippen molar-refractivity contribution in [2.75, 3.05) is 5.32 Å². The van der Waals surface area contributed by atoms with Crippen molar-refractivity contribution in [3.05, 3.63) is 78.5 Å². The average Bonchev–Trinajstić information content (AvgIpc) is 3.12. The van der Waals surface area contributed by atoms with Gasteiger partial charge in [0.05, 0.1) is 5.52 Å². The van der Waals surface area contributed by atoms with Gasteiger partial charge < -0.3 is 10.7 Å². The van der Waals surface area contributed by atoms with Gasteiger partial charge in [-0.3, -0.25) is 0 Å². The summed E-state index contributed by atoms with van der Waals surface area (Å²) in [7, 11) is 0. The first-order valence-corrected chi connectivity index (χ1v) is 9.96. The van der Waals surface area contributed by atoms with Gasteiger partial charge in [-0.15, -0.1) is 0 Å². The van der Waals surface area contributed by atoms with E-state index in [1.165, 1.54) is 10.8 Å². The molecular weight excluding hydrogens is 366 g/mol. The Balaban J connectivity index is 1.51. The van der Waals surface area contributed by atoms with E-state index in [2.05, 4.69) is 64.7 Å². The molecule has 28 heavy (non-hydrogen) atoms. The summed E-state index contributed by atoms with van der Waals surface area (Å²) in [6.45, 7) is 2.02. The summed E-state index contributed by atoms with van der Waals surface area (Å²) in [6, 6.07) is 22.9. The Labute approximate surface area is 167 Å². The van der Waals surface area contributed by atoms with Crippen molar-refractivity contribution < 1.29 is 0 Å². The van der Waals surface area contributed by atoms with Crippen LogP contribution in [0.3, 0.4) is 0 Å². The van der Waals surface area contributed by atoms with Gasteiger partial charge in [0.2, 0.25) is 0 Å². The molecule has 4 aromatic rings. The smallest absolute Gasteiger partial charge is 0.194 e. The molecule has 0 amide bonds. The summed E-state index contributed by atoms with van der Waals surface area (Å²) in [5, 5.41) is 7.63. The van der Waals surface area contributed by atoms with Crippen LogP contribution in [0.5, 0.6) is 0 Å². The number of para-hydroxylation sites is 1. The van der Waals surface area contributed by atoms with E-state index in [1.54, 1.807) is 11.8 Å². The van der Waals surface area contributed by atoms with Crippen LogP contribution in [0, 0.1) is 0 Å². The maximum absolute atomic E-state index is 4.81. The van der Waals surface area contributed by atoms with Crippen molar-refractivity contribution >= 4 is 39.3 Å². The number of allylic oxidation sites excluding steroid dienone is 1. The zero-order valence-electron chi connectivity index (χ0n) is 15.3. The fourth-order valence-corrected chi connectivity index (χ4v) is 4.11. The number of benzene rings is 3. The van der Waals surface area contributed by atoms with Gasteiger partial charge in [-0.1, -0.05) is 42.5 Å². The summed E-state index contributed by atoms with van der Waals surface area (Å²) in [4.78, 5) is 10.7. The Morgan fingerprint density at radius 3 is 2.61 bits per heavy atom. The summed E-state index contributed by atoms with van der Waals surface area (Å²) in [5.41, 5.74) is 8.31. The molecule has 6 heteroatoms. The van der Waals surface area contributed by atoms with E-state index < -0.39 is 0 Å². The third-order valence-electron chi connectivity index (χ3n) is 4.65. The van der Waals surface area contributed by atoms with E-state index in [9.17, 15) is 0 Å². The molecule has 1 atom stereocenters. The van der Waals surface area contributed by atoms with Crippen LogP contribution in [0.25, 0.3) is 21.7 Å². The van der Waals surface area contributed by atoms with Crippen LogP contribution >= 0.6 is 11.8 Å². The Kier molecular flexibility index (Phi) is 4.35. The van der Waals surface area contributed by atoms with E-state index in [0.717, 1.165) is 32.5 Å². The first-order chi connectivity index (χ1) is 13.7. The molecule has 0 bridgehead atoms. The minimum atomic E-state index is -0.0168. The summed E-state index contributed by atoms with van der Waals surface area (Å²) >= 11 is 1.58. The SMILES string of the molecule is CC1=CC(Nc2nc(Sc3ccc4ccccc4c3)nc3ccccc23)NN1. The number of nitrogens with one attached hydrogen (secondary N) is 3. The normalized spacial score (nSPS) is 16.2. The Morgan fingerprint density at radius 2 is 1.75 bits per heavy atom. The molecule has 2 heterocycles. The quantitative estimate of drug-likeness (QED) is 0.443. The van der Waals surface area contributed by atoms with Crippen molar-refractivity contribution in [3.63, 3.8) is 0 Å². The van der Waals surface area contributed by atoms with Crippen LogP contribution in [0.2, 0.25) is 0 Å². The molecule has 1 aliphatic heterocycles. The number of fused-ring (bicyclic) bond motifs is 2. The predicted molar refractivity (Wildman–Crippen MR) is 115 cm³/mol. The lowest BCUT2D eigenvalue weighted by atomic mass is 10.1. The van der Waals surface area contributed by atoms with Gasteiger partial charge in [-0.2, -0.15) is 0 Å². The number of rotatable bonds is 4. The highest BCUT2D eigenvalue weighted by Gasteiger charge is 2.15. The van der Waals surface area contributed by atoms with Crippen molar-refractivity contribution in [2.45, 2.75) is 23.1 Å². The molecule has 0 spiro atoms. The van der Waals surface area contributed by atoms with Crippen LogP contribution in [-0.4, -0.2) is 16.1 Å². The molecule has 1 aromatic heterocycles. The molecule has 0 aliphatic carbocycles. The lowest BCUT2D eigenvalue weighted by Gasteiger charge is -2.15. The maximum atomic E-state index is 4.81. The number of anilines is 1. The lowest BCUT2D eigenvalue weighted by Crippen LogP contribution is -2.37. The largest absolute Gasteiger partial charge is 0.349 e. The molecule has 138 valence electrons. The molecule has 0 saturated carbocycles. The van der Waals surface area contributed by atoms with Crippen molar-refractivity contribution in [3.8, 4) is 0 Å². The van der Waals surface area contributed by atoms with Gasteiger partial charge in [0.25, 0.3) is 0 Å². The van der Waals surface area contributed by atoms with Gasteiger partial charge >= 0.3 is 0 Å². The highest BCUT2D eigenvalue weighted by Crippen LogP contribution is 2.31. The molecule has 3 aromatic carbocycles. The minimum absolute atomic E-state index is 0.0168. The van der Waals surface area contributed by atoms with E-state index in [-0.39, 0.29) is 6.17 Å². The van der Waals surface area contributed by atoms with Crippen LogP contribution in [0.15, 0.2) is 88.6 Å². The molecule has 5 nitrogen and oxygen atoms in total. The lowest BCUT2D eigenvalue weighted by molar-refractivity contribution is 0.614. The minimum Gasteiger partial charge on any atom is -0.349 e. The highest BCUT2D eigenvalue weighted by atomic mass is 32.2. The van der Waals surface area contributed by atoms with Gasteiger partial charge in [-0.05, 0) is 59.8 Å². The van der Waals surface area contributed by atoms with Gasteiger partial charge in [-0.25, -0.2) is 15.4 Å². The molecule has 0 saturated heterocycles. The number of hydrogen-bond donors (Lipinski definition) is 3. The highest BCUT2D eigenvalue weighted by molar-refractivity contribution is 7.99. The summed E-state index contributed by atoms with van der Waals surface area (Å²) in [5.74, 6) is 0.819. The molecule has 0 radical (unpaired) electrons. The number of hydrogen-bond acceptors (Lipinski definition) is 6. The second-order valence-electron chi connectivity index (χ2n) is 6.72. The van der Waals surface area contributed by atoms with E-state index in [0.29, 0.717) is 0 Å². The zero-order chi connectivity index (χ0) is 18.9. The third kappa shape index (κ3) is 3.40. The van der Waals surface area contributed by atoms with E-state index in [4.69, 9.17) is 9.97 Å². The van der Waals surface area contributed by atoms with Gasteiger partial charge in [0.1, 0.15) is 12.0 Å². The van der Waals surface area contributed by atoms with E-state index >= 15 is 0 Å². The second-order valence-corrected chi connectivity index (χ2v) is 7.76. The zero-order valence-corrected chi connectivity index (χ0v) is 16.1. The monoisotopic (exact) mass is 385 g/mol. The van der Waals surface area contributed by atoms with Gasteiger partial charge in [0.15, 0.2) is 5.16 Å². The number of nitrogens with zero attached hydrogens (tertiary/aromatic N) is 2. The second kappa shape index (κ2) is 7.14. The molecule has 1 unspecified atom stereocenters. The average molecular weight is 385 g/mol. The molecule has 3 N–H and O–H groups in total. The summed E-state index contributed by atoms with van der Waals surface area (Å²) < 4.78 is 0. The van der Waals surface area contributed by atoms with Crippen molar-refractivity contribution in [2.24, 2.45) is 0 Å². The van der Waals surface area contributed by atoms with Gasteiger partial charge in [0, 0.05) is 16.0 Å². The molecule has 0 fully saturated rings. The topological polar surface area (TPSA) is 61.9 Å². The Hall–Kier alpha value is -3.09. The first kappa shape index (κ1) is 17.0. The van der Waals surface area contributed by atoms with Crippen molar-refractivity contribution in [1.29, 1.82) is 0 Å². The fraction of sp³-hybridized carbons (Fsp3) is 0.0909. The Morgan fingerprint density at radius 1 is 0.929 bits per heavy atom. The van der Waals surface area contributed by atoms with Crippen LogP contribution in [0.1, 0.15) is 6.92 Å².